The summed E-state index contributed by atoms with van der Waals surface area (Å²) in [6.07, 6.45) is 2.12. The molecule has 0 aliphatic heterocycles. The first-order valence-corrected chi connectivity index (χ1v) is 6.95. The van der Waals surface area contributed by atoms with Crippen LogP contribution >= 0.6 is 15.9 Å². The Bertz CT molecular complexity index is 681. The monoisotopic (exact) mass is 338 g/mol. The number of anilines is 2. The molecule has 5 nitrogen and oxygen atoms in total. The maximum Gasteiger partial charge on any atom is 0.278 e. The molecule has 104 valence electrons. The standard InChI is InChI=1S/C13H12BrFN4O/c14-8-4-3-7(15)5-9(8)17-13(20)12-10(16)11(18-19-12)6-1-2-6/h3-6H,1-2,16H2,(H,17,20)(H,18,19). The number of carbonyl (C=O) groups is 1. The van der Waals surface area contributed by atoms with Crippen molar-refractivity contribution in [2.24, 2.45) is 0 Å². The van der Waals surface area contributed by atoms with Crippen LogP contribution in [-0.2, 0) is 0 Å². The molecular formula is C13H12BrFN4O. The molecule has 0 unspecified atom stereocenters. The van der Waals surface area contributed by atoms with Crippen molar-refractivity contribution >= 4 is 33.2 Å². The SMILES string of the molecule is Nc1c(C(=O)Nc2cc(F)ccc2Br)n[nH]c1C1CC1. The van der Waals surface area contributed by atoms with Crippen molar-refractivity contribution in [3.63, 3.8) is 0 Å². The van der Waals surface area contributed by atoms with Gasteiger partial charge in [0.15, 0.2) is 5.69 Å². The van der Waals surface area contributed by atoms with Crippen molar-refractivity contribution in [2.75, 3.05) is 11.1 Å². The second-order valence-electron chi connectivity index (χ2n) is 4.75. The van der Waals surface area contributed by atoms with Crippen LogP contribution in [0.25, 0.3) is 0 Å². The summed E-state index contributed by atoms with van der Waals surface area (Å²) in [5.74, 6) is -0.515. The predicted molar refractivity (Wildman–Crippen MR) is 77.0 cm³/mol. The van der Waals surface area contributed by atoms with Crippen LogP contribution in [0.5, 0.6) is 0 Å². The second kappa shape index (κ2) is 4.90. The zero-order chi connectivity index (χ0) is 14.3. The van der Waals surface area contributed by atoms with Crippen LogP contribution in [0, 0.1) is 5.82 Å². The van der Waals surface area contributed by atoms with E-state index in [4.69, 9.17) is 5.73 Å². The van der Waals surface area contributed by atoms with Crippen molar-refractivity contribution in [2.45, 2.75) is 18.8 Å². The number of hydrogen-bond acceptors (Lipinski definition) is 3. The van der Waals surface area contributed by atoms with E-state index in [0.717, 1.165) is 18.5 Å². The maximum absolute atomic E-state index is 13.2. The molecule has 1 aliphatic carbocycles. The van der Waals surface area contributed by atoms with Gasteiger partial charge in [0.05, 0.1) is 17.1 Å². The minimum absolute atomic E-state index is 0.142. The molecule has 1 aromatic heterocycles. The van der Waals surface area contributed by atoms with E-state index < -0.39 is 11.7 Å². The van der Waals surface area contributed by atoms with E-state index in [0.29, 0.717) is 21.8 Å². The molecule has 0 radical (unpaired) electrons. The summed E-state index contributed by atoms with van der Waals surface area (Å²) in [5, 5.41) is 9.35. The highest BCUT2D eigenvalue weighted by Gasteiger charge is 2.30. The van der Waals surface area contributed by atoms with E-state index in [2.05, 4.69) is 31.4 Å². The van der Waals surface area contributed by atoms with Gasteiger partial charge in [0.25, 0.3) is 5.91 Å². The number of halogens is 2. The number of aromatic amines is 1. The maximum atomic E-state index is 13.2. The average molecular weight is 339 g/mol. The summed E-state index contributed by atoms with van der Waals surface area (Å²) < 4.78 is 13.8. The molecule has 1 saturated carbocycles. The first kappa shape index (κ1) is 13.1. The van der Waals surface area contributed by atoms with Crippen molar-refractivity contribution < 1.29 is 9.18 Å². The number of aromatic nitrogens is 2. The topological polar surface area (TPSA) is 83.8 Å². The zero-order valence-corrected chi connectivity index (χ0v) is 12.0. The molecule has 20 heavy (non-hydrogen) atoms. The third kappa shape index (κ3) is 2.40. The Morgan fingerprint density at radius 2 is 2.25 bits per heavy atom. The van der Waals surface area contributed by atoms with E-state index in [1.165, 1.54) is 18.2 Å². The van der Waals surface area contributed by atoms with Gasteiger partial charge in [0.1, 0.15) is 5.82 Å². The highest BCUT2D eigenvalue weighted by Crippen LogP contribution is 2.42. The van der Waals surface area contributed by atoms with Gasteiger partial charge in [-0.1, -0.05) is 0 Å². The summed E-state index contributed by atoms with van der Waals surface area (Å²) in [7, 11) is 0. The number of H-pyrrole nitrogens is 1. The molecule has 1 fully saturated rings. The lowest BCUT2D eigenvalue weighted by atomic mass is 10.2. The van der Waals surface area contributed by atoms with E-state index >= 15 is 0 Å². The minimum Gasteiger partial charge on any atom is -0.395 e. The second-order valence-corrected chi connectivity index (χ2v) is 5.61. The molecule has 1 aromatic carbocycles. The number of rotatable bonds is 3. The Balaban J connectivity index is 1.84. The fourth-order valence-corrected chi connectivity index (χ4v) is 2.34. The summed E-state index contributed by atoms with van der Waals surface area (Å²) in [5.41, 5.74) is 7.59. The molecule has 1 heterocycles. The predicted octanol–water partition coefficient (Wildman–Crippen LogP) is 3.02. The Kier molecular flexibility index (Phi) is 3.21. The Hall–Kier alpha value is -1.89. The van der Waals surface area contributed by atoms with Crippen molar-refractivity contribution in [3.05, 3.63) is 39.9 Å². The smallest absolute Gasteiger partial charge is 0.278 e. The molecule has 0 saturated heterocycles. The number of carbonyl (C=O) groups excluding carboxylic acids is 1. The van der Waals surface area contributed by atoms with Gasteiger partial charge in [-0.05, 0) is 47.0 Å². The quantitative estimate of drug-likeness (QED) is 0.804. The number of nitrogens with one attached hydrogen (secondary N) is 2. The first-order chi connectivity index (χ1) is 9.56. The first-order valence-electron chi connectivity index (χ1n) is 6.16. The Labute approximate surface area is 122 Å². The van der Waals surface area contributed by atoms with Gasteiger partial charge in [-0.15, -0.1) is 0 Å². The van der Waals surface area contributed by atoms with Crippen LogP contribution in [0.4, 0.5) is 15.8 Å². The third-order valence-electron chi connectivity index (χ3n) is 3.21. The van der Waals surface area contributed by atoms with Gasteiger partial charge in [0.2, 0.25) is 0 Å². The molecule has 4 N–H and O–H groups in total. The van der Waals surface area contributed by atoms with Crippen LogP contribution in [0.15, 0.2) is 22.7 Å². The fourth-order valence-electron chi connectivity index (χ4n) is 2.00. The normalized spacial score (nSPS) is 14.3. The number of benzene rings is 1. The number of hydrogen-bond donors (Lipinski definition) is 3. The molecule has 1 amide bonds. The molecule has 0 spiro atoms. The van der Waals surface area contributed by atoms with Gasteiger partial charge in [-0.25, -0.2) is 4.39 Å². The highest BCUT2D eigenvalue weighted by atomic mass is 79.9. The average Bonchev–Trinajstić information content (AvgIpc) is 3.17. The molecular weight excluding hydrogens is 327 g/mol. The lowest BCUT2D eigenvalue weighted by Crippen LogP contribution is -2.14. The molecule has 7 heteroatoms. The summed E-state index contributed by atoms with van der Waals surface area (Å²) >= 11 is 3.25. The number of nitrogen functional groups attached to an aromatic ring is 1. The molecule has 2 aromatic rings. The van der Waals surface area contributed by atoms with Gasteiger partial charge < -0.3 is 11.1 Å². The summed E-state index contributed by atoms with van der Waals surface area (Å²) in [4.78, 5) is 12.1. The van der Waals surface area contributed by atoms with Gasteiger partial charge in [-0.2, -0.15) is 5.10 Å². The van der Waals surface area contributed by atoms with Gasteiger partial charge in [0, 0.05) is 10.4 Å². The number of amides is 1. The molecule has 0 bridgehead atoms. The highest BCUT2D eigenvalue weighted by molar-refractivity contribution is 9.10. The van der Waals surface area contributed by atoms with E-state index in [1.54, 1.807) is 0 Å². The van der Waals surface area contributed by atoms with Crippen LogP contribution < -0.4 is 11.1 Å². The van der Waals surface area contributed by atoms with E-state index in [-0.39, 0.29) is 5.69 Å². The Morgan fingerprint density at radius 3 is 2.95 bits per heavy atom. The van der Waals surface area contributed by atoms with Crippen LogP contribution in [-0.4, -0.2) is 16.1 Å². The van der Waals surface area contributed by atoms with Gasteiger partial charge >= 0.3 is 0 Å². The van der Waals surface area contributed by atoms with E-state index in [1.807, 2.05) is 0 Å². The van der Waals surface area contributed by atoms with Crippen LogP contribution in [0.1, 0.15) is 34.9 Å². The third-order valence-corrected chi connectivity index (χ3v) is 3.90. The van der Waals surface area contributed by atoms with Crippen molar-refractivity contribution in [1.82, 2.24) is 10.2 Å². The lowest BCUT2D eigenvalue weighted by Gasteiger charge is -2.06. The molecule has 1 aliphatic rings. The molecule has 0 atom stereocenters. The number of nitrogens with zero attached hydrogens (tertiary/aromatic N) is 1. The Morgan fingerprint density at radius 1 is 1.50 bits per heavy atom. The zero-order valence-electron chi connectivity index (χ0n) is 10.4. The lowest BCUT2D eigenvalue weighted by molar-refractivity contribution is 0.102. The molecule has 3 rings (SSSR count). The summed E-state index contributed by atoms with van der Waals surface area (Å²) in [6, 6.07) is 4.05. The summed E-state index contributed by atoms with van der Waals surface area (Å²) in [6.45, 7) is 0. The fraction of sp³-hybridized carbons (Fsp3) is 0.231. The van der Waals surface area contributed by atoms with Crippen molar-refractivity contribution in [3.8, 4) is 0 Å². The number of nitrogens with two attached hydrogens (primary N) is 1. The minimum atomic E-state index is -0.461. The van der Waals surface area contributed by atoms with Crippen LogP contribution in [0.3, 0.4) is 0 Å². The van der Waals surface area contributed by atoms with Crippen LogP contribution in [0.2, 0.25) is 0 Å². The van der Waals surface area contributed by atoms with E-state index in [9.17, 15) is 9.18 Å². The largest absolute Gasteiger partial charge is 0.395 e. The van der Waals surface area contributed by atoms with Crippen molar-refractivity contribution in [1.29, 1.82) is 0 Å². The van der Waals surface area contributed by atoms with Gasteiger partial charge in [-0.3, -0.25) is 9.89 Å².